The molecule has 3 heteroatoms. The Kier molecular flexibility index (Phi) is 3.44. The van der Waals surface area contributed by atoms with Gasteiger partial charge in [0.2, 0.25) is 0 Å². The van der Waals surface area contributed by atoms with Crippen LogP contribution in [-0.2, 0) is 6.42 Å². The first-order valence-corrected chi connectivity index (χ1v) is 5.78. The fourth-order valence-electron chi connectivity index (χ4n) is 2.09. The fourth-order valence-corrected chi connectivity index (χ4v) is 2.09. The third-order valence-electron chi connectivity index (χ3n) is 2.91. The zero-order valence-corrected chi connectivity index (χ0v) is 9.45. The Morgan fingerprint density at radius 1 is 1.56 bits per heavy atom. The smallest absolute Gasteiger partial charge is 0.123 e. The van der Waals surface area contributed by atoms with Gasteiger partial charge in [0.25, 0.3) is 0 Å². The number of rotatable bonds is 4. The number of ether oxygens (including phenoxy) is 1. The molecular formula is C13H17FO2. The van der Waals surface area contributed by atoms with Crippen LogP contribution in [0.1, 0.15) is 31.7 Å². The van der Waals surface area contributed by atoms with Crippen LogP contribution in [0.5, 0.6) is 5.75 Å². The van der Waals surface area contributed by atoms with Crippen LogP contribution in [0.3, 0.4) is 0 Å². The van der Waals surface area contributed by atoms with Crippen molar-refractivity contribution in [2.24, 2.45) is 0 Å². The minimum Gasteiger partial charge on any atom is -0.490 e. The summed E-state index contributed by atoms with van der Waals surface area (Å²) in [5.41, 5.74) is 0.960. The van der Waals surface area contributed by atoms with Crippen LogP contribution in [0.15, 0.2) is 18.2 Å². The second kappa shape index (κ2) is 4.83. The standard InChI is InChI=1S/C13H17FO2/c1-9(15)3-2-4-12-8-10-7-11(14)5-6-13(10)16-12/h5-7,9,12,15H,2-4,8H2,1H3. The van der Waals surface area contributed by atoms with Crippen LogP contribution in [-0.4, -0.2) is 17.3 Å². The van der Waals surface area contributed by atoms with E-state index >= 15 is 0 Å². The summed E-state index contributed by atoms with van der Waals surface area (Å²) in [6.45, 7) is 1.79. The predicted octanol–water partition coefficient (Wildman–Crippen LogP) is 2.68. The summed E-state index contributed by atoms with van der Waals surface area (Å²) in [6.07, 6.45) is 3.34. The lowest BCUT2D eigenvalue weighted by molar-refractivity contribution is 0.165. The molecule has 0 aliphatic carbocycles. The molecule has 1 heterocycles. The van der Waals surface area contributed by atoms with Gasteiger partial charge in [-0.25, -0.2) is 4.39 Å². The van der Waals surface area contributed by atoms with Crippen molar-refractivity contribution in [1.82, 2.24) is 0 Å². The molecule has 0 aromatic heterocycles. The minimum atomic E-state index is -0.249. The van der Waals surface area contributed by atoms with E-state index in [-0.39, 0.29) is 18.0 Å². The van der Waals surface area contributed by atoms with E-state index in [1.807, 2.05) is 0 Å². The maximum atomic E-state index is 13.0. The quantitative estimate of drug-likeness (QED) is 0.852. The van der Waals surface area contributed by atoms with E-state index in [0.29, 0.717) is 0 Å². The van der Waals surface area contributed by atoms with Gasteiger partial charge in [-0.1, -0.05) is 0 Å². The van der Waals surface area contributed by atoms with Crippen molar-refractivity contribution in [2.45, 2.75) is 44.8 Å². The molecule has 1 N–H and O–H groups in total. The molecule has 0 fully saturated rings. The Bertz CT molecular complexity index is 363. The highest BCUT2D eigenvalue weighted by Gasteiger charge is 2.22. The SMILES string of the molecule is CC(O)CCCC1Cc2cc(F)ccc2O1. The third-order valence-corrected chi connectivity index (χ3v) is 2.91. The lowest BCUT2D eigenvalue weighted by Crippen LogP contribution is -2.13. The molecule has 0 saturated heterocycles. The molecule has 1 aliphatic heterocycles. The number of benzene rings is 1. The summed E-state index contributed by atoms with van der Waals surface area (Å²) in [5.74, 6) is 0.607. The Morgan fingerprint density at radius 2 is 2.38 bits per heavy atom. The number of aliphatic hydroxyl groups excluding tert-OH is 1. The lowest BCUT2D eigenvalue weighted by Gasteiger charge is -2.10. The summed E-state index contributed by atoms with van der Waals surface area (Å²) in [5, 5.41) is 9.15. The van der Waals surface area contributed by atoms with Crippen LogP contribution < -0.4 is 4.74 Å². The van der Waals surface area contributed by atoms with Crippen molar-refractivity contribution in [2.75, 3.05) is 0 Å². The average Bonchev–Trinajstić information content (AvgIpc) is 2.58. The molecule has 1 aromatic carbocycles. The largest absolute Gasteiger partial charge is 0.490 e. The average molecular weight is 224 g/mol. The van der Waals surface area contributed by atoms with Crippen LogP contribution in [0, 0.1) is 5.82 Å². The van der Waals surface area contributed by atoms with Gasteiger partial charge in [0.05, 0.1) is 6.10 Å². The monoisotopic (exact) mass is 224 g/mol. The molecule has 0 bridgehead atoms. The topological polar surface area (TPSA) is 29.5 Å². The molecule has 88 valence electrons. The molecule has 0 spiro atoms. The molecule has 1 aromatic rings. The van der Waals surface area contributed by atoms with Gasteiger partial charge in [-0.15, -0.1) is 0 Å². The molecule has 2 nitrogen and oxygen atoms in total. The van der Waals surface area contributed by atoms with E-state index in [1.165, 1.54) is 6.07 Å². The number of hydrogen-bond donors (Lipinski definition) is 1. The zero-order chi connectivity index (χ0) is 11.5. The number of aliphatic hydroxyl groups is 1. The number of halogens is 1. The maximum Gasteiger partial charge on any atom is 0.123 e. The summed E-state index contributed by atoms with van der Waals surface area (Å²) in [6, 6.07) is 4.67. The van der Waals surface area contributed by atoms with Crippen LogP contribution >= 0.6 is 0 Å². The summed E-state index contributed by atoms with van der Waals surface area (Å²) in [7, 11) is 0. The number of fused-ring (bicyclic) bond motifs is 1. The Labute approximate surface area is 95.1 Å². The van der Waals surface area contributed by atoms with E-state index in [4.69, 9.17) is 9.84 Å². The summed E-state index contributed by atoms with van der Waals surface area (Å²) in [4.78, 5) is 0. The lowest BCUT2D eigenvalue weighted by atomic mass is 10.0. The van der Waals surface area contributed by atoms with Gasteiger partial charge in [-0.2, -0.15) is 0 Å². The highest BCUT2D eigenvalue weighted by Crippen LogP contribution is 2.31. The molecule has 2 unspecified atom stereocenters. The molecule has 16 heavy (non-hydrogen) atoms. The minimum absolute atomic E-state index is 0.149. The summed E-state index contributed by atoms with van der Waals surface area (Å²) < 4.78 is 18.7. The van der Waals surface area contributed by atoms with E-state index in [1.54, 1.807) is 19.1 Å². The van der Waals surface area contributed by atoms with E-state index < -0.39 is 0 Å². The van der Waals surface area contributed by atoms with Gasteiger partial charge in [0.1, 0.15) is 17.7 Å². The van der Waals surface area contributed by atoms with Gasteiger partial charge < -0.3 is 9.84 Å². The van der Waals surface area contributed by atoms with Crippen molar-refractivity contribution in [3.8, 4) is 5.75 Å². The first-order valence-electron chi connectivity index (χ1n) is 5.78. The second-order valence-electron chi connectivity index (χ2n) is 4.48. The van der Waals surface area contributed by atoms with Gasteiger partial charge in [-0.3, -0.25) is 0 Å². The van der Waals surface area contributed by atoms with Gasteiger partial charge in [0.15, 0.2) is 0 Å². The molecule has 1 aliphatic rings. The highest BCUT2D eigenvalue weighted by molar-refractivity contribution is 5.37. The van der Waals surface area contributed by atoms with Gasteiger partial charge in [-0.05, 0) is 44.4 Å². The number of hydrogen-bond acceptors (Lipinski definition) is 2. The zero-order valence-electron chi connectivity index (χ0n) is 9.45. The second-order valence-corrected chi connectivity index (χ2v) is 4.48. The van der Waals surface area contributed by atoms with E-state index in [0.717, 1.165) is 37.0 Å². The first-order chi connectivity index (χ1) is 7.65. The highest BCUT2D eigenvalue weighted by atomic mass is 19.1. The first kappa shape index (κ1) is 11.4. The molecule has 0 saturated carbocycles. The molecular weight excluding hydrogens is 207 g/mol. The van der Waals surface area contributed by atoms with Crippen molar-refractivity contribution in [3.05, 3.63) is 29.6 Å². The Morgan fingerprint density at radius 3 is 3.12 bits per heavy atom. The maximum absolute atomic E-state index is 13.0. The van der Waals surface area contributed by atoms with Crippen LogP contribution in [0.4, 0.5) is 4.39 Å². The van der Waals surface area contributed by atoms with Crippen molar-refractivity contribution < 1.29 is 14.2 Å². The molecule has 0 radical (unpaired) electrons. The van der Waals surface area contributed by atoms with Crippen molar-refractivity contribution >= 4 is 0 Å². The van der Waals surface area contributed by atoms with Gasteiger partial charge in [0, 0.05) is 12.0 Å². The third kappa shape index (κ3) is 2.73. The molecule has 2 rings (SSSR count). The summed E-state index contributed by atoms with van der Waals surface area (Å²) >= 11 is 0. The van der Waals surface area contributed by atoms with E-state index in [2.05, 4.69) is 0 Å². The van der Waals surface area contributed by atoms with Crippen molar-refractivity contribution in [1.29, 1.82) is 0 Å². The molecule has 2 atom stereocenters. The predicted molar refractivity (Wildman–Crippen MR) is 60.1 cm³/mol. The van der Waals surface area contributed by atoms with Gasteiger partial charge >= 0.3 is 0 Å². The Hall–Kier alpha value is -1.09. The van der Waals surface area contributed by atoms with Crippen LogP contribution in [0.2, 0.25) is 0 Å². The Balaban J connectivity index is 1.86. The van der Waals surface area contributed by atoms with E-state index in [9.17, 15) is 4.39 Å². The van der Waals surface area contributed by atoms with Crippen molar-refractivity contribution in [3.63, 3.8) is 0 Å². The normalized spacial score (nSPS) is 20.3. The molecule has 0 amide bonds. The van der Waals surface area contributed by atoms with Crippen LogP contribution in [0.25, 0.3) is 0 Å². The fraction of sp³-hybridized carbons (Fsp3) is 0.538.